The molecule has 0 saturated heterocycles. The Morgan fingerprint density at radius 3 is 2.86 bits per heavy atom. The summed E-state index contributed by atoms with van der Waals surface area (Å²) in [6.45, 7) is 0.441. The summed E-state index contributed by atoms with van der Waals surface area (Å²) in [6, 6.07) is 6.73. The van der Waals surface area contributed by atoms with Crippen molar-refractivity contribution in [2.24, 2.45) is 5.73 Å². The molecule has 0 heterocycles. The Morgan fingerprint density at radius 2 is 2.14 bits per heavy atom. The quantitative estimate of drug-likeness (QED) is 0.757. The molecule has 0 aliphatic heterocycles. The molecule has 1 aromatic carbocycles. The Bertz CT molecular complexity index is 567. The van der Waals surface area contributed by atoms with Gasteiger partial charge in [-0.3, -0.25) is 9.59 Å². The van der Waals surface area contributed by atoms with Crippen LogP contribution in [0.4, 0.5) is 0 Å². The molecule has 0 radical (unpaired) electrons. The monoisotopic (exact) mass is 302 g/mol. The first kappa shape index (κ1) is 16.1. The molecule has 0 aromatic heterocycles. The molecule has 1 aromatic rings. The van der Waals surface area contributed by atoms with Crippen molar-refractivity contribution < 1.29 is 14.3 Å². The molecule has 2 amide bonds. The number of hydrogen-bond donors (Lipinski definition) is 2. The van der Waals surface area contributed by atoms with Gasteiger partial charge in [-0.05, 0) is 50.3 Å². The van der Waals surface area contributed by atoms with E-state index in [0.717, 1.165) is 19.3 Å². The minimum atomic E-state index is -0.546. The first-order chi connectivity index (χ1) is 10.6. The summed E-state index contributed by atoms with van der Waals surface area (Å²) in [5, 5.41) is 2.91. The van der Waals surface area contributed by atoms with Crippen LogP contribution < -0.4 is 15.8 Å². The normalized spacial score (nSPS) is 14.1. The fourth-order valence-electron chi connectivity index (χ4n) is 2.45. The number of benzene rings is 1. The lowest BCUT2D eigenvalue weighted by Crippen LogP contribution is -2.25. The van der Waals surface area contributed by atoms with Crippen molar-refractivity contribution in [2.45, 2.75) is 32.1 Å². The van der Waals surface area contributed by atoms with Crippen LogP contribution in [0.15, 0.2) is 35.9 Å². The van der Waals surface area contributed by atoms with E-state index in [9.17, 15) is 9.59 Å². The van der Waals surface area contributed by atoms with Crippen LogP contribution in [-0.4, -0.2) is 25.0 Å². The standard InChI is InChI=1S/C17H22N2O3/c18-16(20)12-22-15-8-4-7-14(11-15)17(21)19-10-9-13-5-2-1-3-6-13/h4-5,7-8,11H,1-3,6,9-10,12H2,(H2,18,20)(H,19,21). The molecular weight excluding hydrogens is 280 g/mol. The van der Waals surface area contributed by atoms with E-state index in [-0.39, 0.29) is 12.5 Å². The highest BCUT2D eigenvalue weighted by Crippen LogP contribution is 2.19. The van der Waals surface area contributed by atoms with E-state index in [0.29, 0.717) is 17.9 Å². The predicted octanol–water partition coefficient (Wildman–Crippen LogP) is 2.17. The van der Waals surface area contributed by atoms with Crippen LogP contribution in [-0.2, 0) is 4.79 Å². The van der Waals surface area contributed by atoms with E-state index < -0.39 is 5.91 Å². The number of carbonyl (C=O) groups excluding carboxylic acids is 2. The Kier molecular flexibility index (Phi) is 6.01. The van der Waals surface area contributed by atoms with Crippen molar-refractivity contribution in [2.75, 3.05) is 13.2 Å². The number of primary amides is 1. The fourth-order valence-corrected chi connectivity index (χ4v) is 2.45. The molecule has 0 unspecified atom stereocenters. The van der Waals surface area contributed by atoms with E-state index in [2.05, 4.69) is 11.4 Å². The van der Waals surface area contributed by atoms with Gasteiger partial charge in [0.05, 0.1) is 0 Å². The number of nitrogens with one attached hydrogen (secondary N) is 1. The van der Waals surface area contributed by atoms with Crippen molar-refractivity contribution in [3.63, 3.8) is 0 Å². The largest absolute Gasteiger partial charge is 0.484 e. The smallest absolute Gasteiger partial charge is 0.255 e. The number of amides is 2. The SMILES string of the molecule is NC(=O)COc1cccc(C(=O)NCCC2=CCCCC2)c1. The van der Waals surface area contributed by atoms with Crippen LogP contribution in [0.25, 0.3) is 0 Å². The molecule has 5 heteroatoms. The summed E-state index contributed by atoms with van der Waals surface area (Å²) in [4.78, 5) is 22.8. The topological polar surface area (TPSA) is 81.4 Å². The highest BCUT2D eigenvalue weighted by atomic mass is 16.5. The van der Waals surface area contributed by atoms with Gasteiger partial charge in [-0.15, -0.1) is 0 Å². The molecule has 3 N–H and O–H groups in total. The molecule has 1 aliphatic rings. The minimum absolute atomic E-state index is 0.138. The highest BCUT2D eigenvalue weighted by Gasteiger charge is 2.08. The van der Waals surface area contributed by atoms with Gasteiger partial charge < -0.3 is 15.8 Å². The lowest BCUT2D eigenvalue weighted by molar-refractivity contribution is -0.119. The zero-order valence-electron chi connectivity index (χ0n) is 12.6. The van der Waals surface area contributed by atoms with E-state index in [1.165, 1.54) is 18.4 Å². The Balaban J connectivity index is 1.82. The summed E-state index contributed by atoms with van der Waals surface area (Å²) in [5.41, 5.74) is 6.97. The lowest BCUT2D eigenvalue weighted by Gasteiger charge is -2.13. The molecular formula is C17H22N2O3. The molecule has 0 spiro atoms. The van der Waals surface area contributed by atoms with Gasteiger partial charge in [0.15, 0.2) is 6.61 Å². The van der Waals surface area contributed by atoms with Gasteiger partial charge in [-0.2, -0.15) is 0 Å². The van der Waals surface area contributed by atoms with Crippen LogP contribution in [0.5, 0.6) is 5.75 Å². The number of nitrogens with two attached hydrogens (primary N) is 1. The van der Waals surface area contributed by atoms with Crippen molar-refractivity contribution in [3.8, 4) is 5.75 Å². The van der Waals surface area contributed by atoms with Crippen LogP contribution in [0, 0.1) is 0 Å². The van der Waals surface area contributed by atoms with Crippen molar-refractivity contribution >= 4 is 11.8 Å². The summed E-state index contributed by atoms with van der Waals surface area (Å²) in [7, 11) is 0. The van der Waals surface area contributed by atoms with Gasteiger partial charge in [-0.25, -0.2) is 0 Å². The summed E-state index contributed by atoms with van der Waals surface area (Å²) >= 11 is 0. The second kappa shape index (κ2) is 8.22. The second-order valence-corrected chi connectivity index (χ2v) is 5.40. The third-order valence-corrected chi connectivity index (χ3v) is 3.59. The van der Waals surface area contributed by atoms with Gasteiger partial charge >= 0.3 is 0 Å². The third kappa shape index (κ3) is 5.24. The summed E-state index contributed by atoms with van der Waals surface area (Å²) < 4.78 is 5.19. The minimum Gasteiger partial charge on any atom is -0.484 e. The van der Waals surface area contributed by atoms with Crippen LogP contribution >= 0.6 is 0 Å². The van der Waals surface area contributed by atoms with Crippen LogP contribution in [0.3, 0.4) is 0 Å². The first-order valence-corrected chi connectivity index (χ1v) is 7.62. The Labute approximate surface area is 130 Å². The van der Waals surface area contributed by atoms with Gasteiger partial charge in [0.25, 0.3) is 11.8 Å². The highest BCUT2D eigenvalue weighted by molar-refractivity contribution is 5.94. The molecule has 2 rings (SSSR count). The summed E-state index contributed by atoms with van der Waals surface area (Å²) in [6.07, 6.45) is 8.01. The van der Waals surface area contributed by atoms with Crippen molar-refractivity contribution in [1.29, 1.82) is 0 Å². The molecule has 0 atom stereocenters. The number of carbonyl (C=O) groups is 2. The van der Waals surface area contributed by atoms with E-state index in [1.807, 2.05) is 0 Å². The fraction of sp³-hybridized carbons (Fsp3) is 0.412. The number of ether oxygens (including phenoxy) is 1. The van der Waals surface area contributed by atoms with E-state index in [4.69, 9.17) is 10.5 Å². The summed E-state index contributed by atoms with van der Waals surface area (Å²) in [5.74, 6) is -0.224. The van der Waals surface area contributed by atoms with E-state index >= 15 is 0 Å². The first-order valence-electron chi connectivity index (χ1n) is 7.62. The Morgan fingerprint density at radius 1 is 1.27 bits per heavy atom. The van der Waals surface area contributed by atoms with E-state index in [1.54, 1.807) is 24.3 Å². The number of rotatable bonds is 7. The average Bonchev–Trinajstić information content (AvgIpc) is 2.54. The van der Waals surface area contributed by atoms with Gasteiger partial charge in [0.2, 0.25) is 0 Å². The number of allylic oxidation sites excluding steroid dienone is 1. The molecule has 5 nitrogen and oxygen atoms in total. The molecule has 22 heavy (non-hydrogen) atoms. The van der Waals surface area contributed by atoms with Gasteiger partial charge in [-0.1, -0.05) is 17.7 Å². The maximum absolute atomic E-state index is 12.1. The van der Waals surface area contributed by atoms with Crippen LogP contribution in [0.1, 0.15) is 42.5 Å². The molecule has 0 saturated carbocycles. The molecule has 1 aliphatic carbocycles. The van der Waals surface area contributed by atoms with Gasteiger partial charge in [0.1, 0.15) is 5.75 Å². The predicted molar refractivity (Wildman–Crippen MR) is 84.6 cm³/mol. The Hall–Kier alpha value is -2.30. The van der Waals surface area contributed by atoms with Crippen molar-refractivity contribution in [3.05, 3.63) is 41.5 Å². The van der Waals surface area contributed by atoms with Crippen LogP contribution in [0.2, 0.25) is 0 Å². The van der Waals surface area contributed by atoms with Gasteiger partial charge in [0, 0.05) is 12.1 Å². The zero-order chi connectivity index (χ0) is 15.8. The second-order valence-electron chi connectivity index (χ2n) is 5.40. The third-order valence-electron chi connectivity index (χ3n) is 3.59. The molecule has 0 fully saturated rings. The maximum atomic E-state index is 12.1. The lowest BCUT2D eigenvalue weighted by atomic mass is 9.97. The number of hydrogen-bond acceptors (Lipinski definition) is 3. The molecule has 0 bridgehead atoms. The van der Waals surface area contributed by atoms with Crippen molar-refractivity contribution in [1.82, 2.24) is 5.32 Å². The average molecular weight is 302 g/mol. The zero-order valence-corrected chi connectivity index (χ0v) is 12.6. The molecule has 118 valence electrons. The maximum Gasteiger partial charge on any atom is 0.255 e.